The van der Waals surface area contributed by atoms with Gasteiger partial charge in [-0.05, 0) is 12.8 Å². The first kappa shape index (κ1) is 11.6. The molecular weight excluding hydrogens is 244 g/mol. The second-order valence-electron chi connectivity index (χ2n) is 4.24. The number of nitriles is 1. The Hall–Kier alpha value is -2.46. The van der Waals surface area contributed by atoms with Gasteiger partial charge in [-0.25, -0.2) is 9.97 Å². The second-order valence-corrected chi connectivity index (χ2v) is 4.24. The Morgan fingerprint density at radius 1 is 1.53 bits per heavy atom. The quantitative estimate of drug-likeness (QED) is 0.858. The van der Waals surface area contributed by atoms with Gasteiger partial charge in [0.15, 0.2) is 5.82 Å². The van der Waals surface area contributed by atoms with Gasteiger partial charge in [-0.3, -0.25) is 0 Å². The third kappa shape index (κ3) is 1.92. The van der Waals surface area contributed by atoms with E-state index in [4.69, 9.17) is 10.5 Å². The fraction of sp³-hybridized carbons (Fsp3) is 0.333. The van der Waals surface area contributed by atoms with E-state index in [-0.39, 0.29) is 11.9 Å². The molecule has 3 rings (SSSR count). The van der Waals surface area contributed by atoms with Crippen molar-refractivity contribution in [3.63, 3.8) is 0 Å². The van der Waals surface area contributed by atoms with E-state index in [0.717, 1.165) is 12.8 Å². The van der Waals surface area contributed by atoms with Crippen LogP contribution in [-0.4, -0.2) is 26.4 Å². The molecule has 0 amide bonds. The molecule has 0 aliphatic carbocycles. The average molecular weight is 256 g/mol. The fourth-order valence-corrected chi connectivity index (χ4v) is 2.17. The number of nitrogens with two attached hydrogens (primary N) is 1. The van der Waals surface area contributed by atoms with Crippen molar-refractivity contribution in [1.82, 2.24) is 19.7 Å². The van der Waals surface area contributed by atoms with E-state index < -0.39 is 0 Å². The van der Waals surface area contributed by atoms with Crippen molar-refractivity contribution in [2.75, 3.05) is 12.3 Å². The van der Waals surface area contributed by atoms with Gasteiger partial charge in [0.25, 0.3) is 0 Å². The number of anilines is 1. The Morgan fingerprint density at radius 2 is 2.42 bits per heavy atom. The van der Waals surface area contributed by atoms with E-state index in [0.29, 0.717) is 23.7 Å². The molecule has 19 heavy (non-hydrogen) atoms. The van der Waals surface area contributed by atoms with Crippen LogP contribution in [0.25, 0.3) is 5.82 Å². The van der Waals surface area contributed by atoms with E-state index in [9.17, 15) is 5.26 Å². The lowest BCUT2D eigenvalue weighted by Gasteiger charge is -2.05. The highest BCUT2D eigenvalue weighted by Gasteiger charge is 2.27. The van der Waals surface area contributed by atoms with E-state index in [1.54, 1.807) is 12.3 Å². The van der Waals surface area contributed by atoms with Gasteiger partial charge in [0.1, 0.15) is 35.6 Å². The minimum absolute atomic E-state index is 0.153. The van der Waals surface area contributed by atoms with Crippen molar-refractivity contribution < 1.29 is 4.74 Å². The Morgan fingerprint density at radius 3 is 3.05 bits per heavy atom. The van der Waals surface area contributed by atoms with Crippen molar-refractivity contribution in [2.45, 2.75) is 18.9 Å². The molecule has 1 aliphatic heterocycles. The zero-order valence-electron chi connectivity index (χ0n) is 10.2. The van der Waals surface area contributed by atoms with Gasteiger partial charge in [-0.2, -0.15) is 15.0 Å². The third-order valence-electron chi connectivity index (χ3n) is 3.08. The standard InChI is InChI=1S/C12H12N6O/c13-6-8-11(9-2-1-5-19-9)17-18(12(8)14)10-3-4-15-7-16-10/h3-4,7,9H,1-2,5,14H2. The number of hydrogen-bond donors (Lipinski definition) is 1. The summed E-state index contributed by atoms with van der Waals surface area (Å²) in [6, 6.07) is 3.78. The average Bonchev–Trinajstić information content (AvgIpc) is 3.07. The van der Waals surface area contributed by atoms with Crippen LogP contribution < -0.4 is 5.73 Å². The van der Waals surface area contributed by atoms with E-state index in [1.165, 1.54) is 11.0 Å². The van der Waals surface area contributed by atoms with Crippen LogP contribution in [0.3, 0.4) is 0 Å². The highest BCUT2D eigenvalue weighted by molar-refractivity contribution is 5.55. The summed E-state index contributed by atoms with van der Waals surface area (Å²) < 4.78 is 7.03. The molecular formula is C12H12N6O. The Kier molecular flexibility index (Phi) is 2.85. The Labute approximate surface area is 109 Å². The van der Waals surface area contributed by atoms with E-state index in [2.05, 4.69) is 21.1 Å². The fourth-order valence-electron chi connectivity index (χ4n) is 2.17. The molecule has 7 nitrogen and oxygen atoms in total. The lowest BCUT2D eigenvalue weighted by atomic mass is 10.1. The molecule has 0 aromatic carbocycles. The first-order valence-electron chi connectivity index (χ1n) is 5.97. The van der Waals surface area contributed by atoms with Crippen molar-refractivity contribution in [2.24, 2.45) is 0 Å². The molecule has 1 aliphatic rings. The number of aromatic nitrogens is 4. The number of rotatable bonds is 2. The second kappa shape index (κ2) is 4.66. The van der Waals surface area contributed by atoms with Gasteiger partial charge in [-0.15, -0.1) is 0 Å². The molecule has 2 aromatic heterocycles. The third-order valence-corrected chi connectivity index (χ3v) is 3.08. The summed E-state index contributed by atoms with van der Waals surface area (Å²) in [5.41, 5.74) is 6.94. The largest absolute Gasteiger partial charge is 0.382 e. The van der Waals surface area contributed by atoms with Gasteiger partial charge in [0, 0.05) is 18.9 Å². The SMILES string of the molecule is N#Cc1c(C2CCCO2)nn(-c2ccncn2)c1N. The van der Waals surface area contributed by atoms with Crippen LogP contribution >= 0.6 is 0 Å². The summed E-state index contributed by atoms with van der Waals surface area (Å²) in [5, 5.41) is 13.6. The first-order valence-corrected chi connectivity index (χ1v) is 5.97. The topological polar surface area (TPSA) is 103 Å². The Bertz CT molecular complexity index is 624. The van der Waals surface area contributed by atoms with Crippen LogP contribution in [0, 0.1) is 11.3 Å². The molecule has 1 saturated heterocycles. The molecule has 0 saturated carbocycles. The van der Waals surface area contributed by atoms with Crippen molar-refractivity contribution in [3.8, 4) is 11.9 Å². The van der Waals surface area contributed by atoms with Crippen molar-refractivity contribution in [1.29, 1.82) is 5.26 Å². The normalized spacial score (nSPS) is 18.4. The van der Waals surface area contributed by atoms with Crippen LogP contribution in [0.5, 0.6) is 0 Å². The highest BCUT2D eigenvalue weighted by atomic mass is 16.5. The predicted octanol–water partition coefficient (Wildman–Crippen LogP) is 0.968. The molecule has 3 heterocycles. The Balaban J connectivity index is 2.10. The zero-order chi connectivity index (χ0) is 13.2. The maximum absolute atomic E-state index is 9.25. The first-order chi connectivity index (χ1) is 9.31. The number of hydrogen-bond acceptors (Lipinski definition) is 6. The summed E-state index contributed by atoms with van der Waals surface area (Å²) in [6.07, 6.45) is 4.68. The summed E-state index contributed by atoms with van der Waals surface area (Å²) in [5.74, 6) is 0.819. The van der Waals surface area contributed by atoms with E-state index in [1.807, 2.05) is 0 Å². The van der Waals surface area contributed by atoms with Crippen LogP contribution in [0.1, 0.15) is 30.2 Å². The van der Waals surface area contributed by atoms with Gasteiger partial charge < -0.3 is 10.5 Å². The summed E-state index contributed by atoms with van der Waals surface area (Å²) in [6.45, 7) is 0.690. The molecule has 2 N–H and O–H groups in total. The maximum atomic E-state index is 9.25. The van der Waals surface area contributed by atoms with Gasteiger partial charge in [0.2, 0.25) is 0 Å². The number of nitrogen functional groups attached to an aromatic ring is 1. The molecule has 1 fully saturated rings. The zero-order valence-corrected chi connectivity index (χ0v) is 10.2. The highest BCUT2D eigenvalue weighted by Crippen LogP contribution is 2.32. The van der Waals surface area contributed by atoms with Gasteiger partial charge >= 0.3 is 0 Å². The van der Waals surface area contributed by atoms with Crippen LogP contribution in [0.15, 0.2) is 18.6 Å². The summed E-state index contributed by atoms with van der Waals surface area (Å²) in [7, 11) is 0. The lowest BCUT2D eigenvalue weighted by Crippen LogP contribution is -2.05. The molecule has 0 spiro atoms. The molecule has 0 bridgehead atoms. The molecule has 0 radical (unpaired) electrons. The smallest absolute Gasteiger partial charge is 0.159 e. The molecule has 1 unspecified atom stereocenters. The van der Waals surface area contributed by atoms with Crippen molar-refractivity contribution in [3.05, 3.63) is 29.8 Å². The molecule has 7 heteroatoms. The number of ether oxygens (including phenoxy) is 1. The number of nitrogens with zero attached hydrogens (tertiary/aromatic N) is 5. The summed E-state index contributed by atoms with van der Waals surface area (Å²) in [4.78, 5) is 7.93. The monoisotopic (exact) mass is 256 g/mol. The van der Waals surface area contributed by atoms with Crippen LogP contribution in [0.2, 0.25) is 0 Å². The minimum Gasteiger partial charge on any atom is -0.382 e. The molecule has 96 valence electrons. The van der Waals surface area contributed by atoms with Crippen molar-refractivity contribution >= 4 is 5.82 Å². The molecule has 2 aromatic rings. The van der Waals surface area contributed by atoms with Gasteiger partial charge in [0.05, 0.1) is 0 Å². The van der Waals surface area contributed by atoms with Gasteiger partial charge in [-0.1, -0.05) is 0 Å². The van der Waals surface area contributed by atoms with Crippen LogP contribution in [0.4, 0.5) is 5.82 Å². The van der Waals surface area contributed by atoms with E-state index >= 15 is 0 Å². The summed E-state index contributed by atoms with van der Waals surface area (Å²) >= 11 is 0. The lowest BCUT2D eigenvalue weighted by molar-refractivity contribution is 0.108. The predicted molar refractivity (Wildman–Crippen MR) is 66.2 cm³/mol. The maximum Gasteiger partial charge on any atom is 0.159 e. The molecule has 1 atom stereocenters. The van der Waals surface area contributed by atoms with Crippen LogP contribution in [-0.2, 0) is 4.74 Å². The minimum atomic E-state index is -0.153.